The van der Waals surface area contributed by atoms with Crippen molar-refractivity contribution in [2.45, 2.75) is 38.9 Å². The van der Waals surface area contributed by atoms with E-state index in [0.29, 0.717) is 5.75 Å². The lowest BCUT2D eigenvalue weighted by molar-refractivity contribution is 0.00578. The van der Waals surface area contributed by atoms with Crippen LogP contribution in [0.25, 0.3) is 0 Å². The minimum atomic E-state index is -0.366. The van der Waals surface area contributed by atoms with E-state index in [1.54, 1.807) is 0 Å². The van der Waals surface area contributed by atoms with Crippen molar-refractivity contribution >= 4 is 12.6 Å². The maximum Gasteiger partial charge on any atom is 0.494 e. The largest absolute Gasteiger partial charge is 0.494 e. The molecule has 0 unspecified atom stereocenters. The van der Waals surface area contributed by atoms with Crippen LogP contribution in [0.1, 0.15) is 27.7 Å². The zero-order chi connectivity index (χ0) is 14.1. The van der Waals surface area contributed by atoms with Gasteiger partial charge in [-0.05, 0) is 45.3 Å². The minimum Gasteiger partial charge on any atom is -0.479 e. The van der Waals surface area contributed by atoms with Gasteiger partial charge in [0.15, 0.2) is 6.61 Å². The molecule has 5 heteroatoms. The van der Waals surface area contributed by atoms with Gasteiger partial charge in [-0.3, -0.25) is 0 Å². The third-order valence-corrected chi connectivity index (χ3v) is 3.71. The summed E-state index contributed by atoms with van der Waals surface area (Å²) in [5.41, 5.74) is 0.268. The first kappa shape index (κ1) is 13.9. The van der Waals surface area contributed by atoms with Gasteiger partial charge in [0.2, 0.25) is 0 Å². The molecular formula is C14H18BNO3. The molecule has 0 N–H and O–H groups in total. The van der Waals surface area contributed by atoms with Crippen LogP contribution in [0.4, 0.5) is 0 Å². The zero-order valence-electron chi connectivity index (χ0n) is 11.8. The summed E-state index contributed by atoms with van der Waals surface area (Å²) < 4.78 is 17.1. The van der Waals surface area contributed by atoms with E-state index in [1.807, 2.05) is 58.0 Å². The van der Waals surface area contributed by atoms with Crippen LogP contribution in [-0.4, -0.2) is 24.9 Å². The molecule has 4 nitrogen and oxygen atoms in total. The predicted molar refractivity (Wildman–Crippen MR) is 73.3 cm³/mol. The van der Waals surface area contributed by atoms with Gasteiger partial charge in [0.1, 0.15) is 11.8 Å². The number of hydrogen-bond acceptors (Lipinski definition) is 4. The monoisotopic (exact) mass is 259 g/mol. The van der Waals surface area contributed by atoms with E-state index in [2.05, 4.69) is 0 Å². The number of rotatable bonds is 3. The first-order chi connectivity index (χ1) is 8.86. The summed E-state index contributed by atoms with van der Waals surface area (Å²) in [6.07, 6.45) is 0. The molecule has 1 saturated heterocycles. The van der Waals surface area contributed by atoms with Crippen molar-refractivity contribution in [3.8, 4) is 11.8 Å². The summed E-state index contributed by atoms with van der Waals surface area (Å²) >= 11 is 0. The van der Waals surface area contributed by atoms with Gasteiger partial charge in [0.25, 0.3) is 0 Å². The highest BCUT2D eigenvalue weighted by molar-refractivity contribution is 6.62. The summed E-state index contributed by atoms with van der Waals surface area (Å²) in [4.78, 5) is 0. The van der Waals surface area contributed by atoms with Crippen molar-refractivity contribution in [2.75, 3.05) is 6.61 Å². The van der Waals surface area contributed by atoms with Crippen LogP contribution in [0.15, 0.2) is 24.3 Å². The zero-order valence-corrected chi connectivity index (χ0v) is 11.8. The Kier molecular flexibility index (Phi) is 3.57. The van der Waals surface area contributed by atoms with E-state index in [9.17, 15) is 0 Å². The second-order valence-electron chi connectivity index (χ2n) is 5.60. The number of nitriles is 1. The van der Waals surface area contributed by atoms with Crippen molar-refractivity contribution in [3.05, 3.63) is 24.3 Å². The van der Waals surface area contributed by atoms with Gasteiger partial charge in [-0.2, -0.15) is 5.26 Å². The number of ether oxygens (including phenoxy) is 1. The Bertz CT molecular complexity index is 474. The highest BCUT2D eigenvalue weighted by Crippen LogP contribution is 2.36. The Morgan fingerprint density at radius 2 is 1.63 bits per heavy atom. The maximum atomic E-state index is 8.46. The van der Waals surface area contributed by atoms with Crippen molar-refractivity contribution in [1.29, 1.82) is 5.26 Å². The summed E-state index contributed by atoms with van der Waals surface area (Å²) in [5, 5.41) is 8.46. The molecule has 0 spiro atoms. The third-order valence-electron chi connectivity index (χ3n) is 3.71. The third kappa shape index (κ3) is 2.75. The molecule has 1 aliphatic heterocycles. The molecule has 1 aromatic rings. The highest BCUT2D eigenvalue weighted by atomic mass is 16.7. The normalized spacial score (nSPS) is 20.1. The van der Waals surface area contributed by atoms with Crippen LogP contribution in [0.5, 0.6) is 5.75 Å². The van der Waals surface area contributed by atoms with Crippen molar-refractivity contribution in [3.63, 3.8) is 0 Å². The van der Waals surface area contributed by atoms with Crippen LogP contribution >= 0.6 is 0 Å². The van der Waals surface area contributed by atoms with Gasteiger partial charge >= 0.3 is 7.12 Å². The fourth-order valence-corrected chi connectivity index (χ4v) is 1.82. The van der Waals surface area contributed by atoms with E-state index in [0.717, 1.165) is 5.46 Å². The molecule has 1 fully saturated rings. The van der Waals surface area contributed by atoms with Crippen LogP contribution in [-0.2, 0) is 9.31 Å². The van der Waals surface area contributed by atoms with Gasteiger partial charge in [-0.15, -0.1) is 0 Å². The van der Waals surface area contributed by atoms with Gasteiger partial charge in [-0.25, -0.2) is 0 Å². The first-order valence-electron chi connectivity index (χ1n) is 6.31. The van der Waals surface area contributed by atoms with Crippen molar-refractivity contribution in [1.82, 2.24) is 0 Å². The van der Waals surface area contributed by atoms with Crippen LogP contribution in [0.3, 0.4) is 0 Å². The Labute approximate surface area is 114 Å². The maximum absolute atomic E-state index is 8.46. The van der Waals surface area contributed by atoms with Crippen LogP contribution in [0, 0.1) is 11.3 Å². The van der Waals surface area contributed by atoms with E-state index in [-0.39, 0.29) is 24.9 Å². The van der Waals surface area contributed by atoms with Crippen LogP contribution < -0.4 is 10.2 Å². The molecule has 0 amide bonds. The lowest BCUT2D eigenvalue weighted by Gasteiger charge is -2.32. The molecule has 0 aliphatic carbocycles. The fraction of sp³-hybridized carbons (Fsp3) is 0.500. The number of nitrogens with zero attached hydrogens (tertiary/aromatic N) is 1. The van der Waals surface area contributed by atoms with Gasteiger partial charge in [0.05, 0.1) is 11.2 Å². The van der Waals surface area contributed by atoms with Gasteiger partial charge < -0.3 is 14.0 Å². The van der Waals surface area contributed by atoms with Gasteiger partial charge in [0, 0.05) is 0 Å². The Morgan fingerprint density at radius 3 is 2.11 bits per heavy atom. The number of hydrogen-bond donors (Lipinski definition) is 0. The average Bonchev–Trinajstić information content (AvgIpc) is 2.56. The molecule has 0 saturated carbocycles. The summed E-state index contributed by atoms with van der Waals surface area (Å²) in [5.74, 6) is 0.668. The molecule has 100 valence electrons. The van der Waals surface area contributed by atoms with E-state index in [1.165, 1.54) is 0 Å². The van der Waals surface area contributed by atoms with Gasteiger partial charge in [-0.1, -0.05) is 12.1 Å². The standard InChI is InChI=1S/C14H18BNO3/c1-13(2)14(3,4)19-15(18-13)11-5-7-12(8-6-11)17-10-9-16/h5-8H,10H2,1-4H3. The summed E-state index contributed by atoms with van der Waals surface area (Å²) in [7, 11) is -0.366. The summed E-state index contributed by atoms with van der Waals surface area (Å²) in [6, 6.07) is 9.37. The molecule has 0 bridgehead atoms. The SMILES string of the molecule is CC1(C)OB(c2ccc(OCC#N)cc2)OC1(C)C. The molecule has 1 aliphatic rings. The highest BCUT2D eigenvalue weighted by Gasteiger charge is 2.51. The van der Waals surface area contributed by atoms with Crippen molar-refractivity contribution < 1.29 is 14.0 Å². The van der Waals surface area contributed by atoms with E-state index in [4.69, 9.17) is 19.3 Å². The lowest BCUT2D eigenvalue weighted by atomic mass is 9.79. The Morgan fingerprint density at radius 1 is 1.11 bits per heavy atom. The fourth-order valence-electron chi connectivity index (χ4n) is 1.82. The quantitative estimate of drug-likeness (QED) is 0.778. The Hall–Kier alpha value is -1.51. The smallest absolute Gasteiger partial charge is 0.479 e. The molecule has 0 atom stereocenters. The first-order valence-corrected chi connectivity index (χ1v) is 6.31. The minimum absolute atomic E-state index is 0.0514. The molecule has 2 rings (SSSR count). The predicted octanol–water partition coefficient (Wildman–Crippen LogP) is 1.89. The second-order valence-corrected chi connectivity index (χ2v) is 5.60. The summed E-state index contributed by atoms with van der Waals surface area (Å²) in [6.45, 7) is 8.15. The number of benzene rings is 1. The molecule has 0 radical (unpaired) electrons. The Balaban J connectivity index is 2.10. The lowest BCUT2D eigenvalue weighted by Crippen LogP contribution is -2.41. The topological polar surface area (TPSA) is 51.5 Å². The second kappa shape index (κ2) is 4.88. The average molecular weight is 259 g/mol. The van der Waals surface area contributed by atoms with Crippen molar-refractivity contribution in [2.24, 2.45) is 0 Å². The molecule has 0 aromatic heterocycles. The van der Waals surface area contributed by atoms with E-state index >= 15 is 0 Å². The molecular weight excluding hydrogens is 241 g/mol. The molecule has 19 heavy (non-hydrogen) atoms. The van der Waals surface area contributed by atoms with E-state index < -0.39 is 0 Å². The molecule has 1 aromatic carbocycles. The molecule has 1 heterocycles. The van der Waals surface area contributed by atoms with Crippen LogP contribution in [0.2, 0.25) is 0 Å².